The van der Waals surface area contributed by atoms with Gasteiger partial charge in [0.2, 0.25) is 5.91 Å². The third-order valence-corrected chi connectivity index (χ3v) is 5.92. The van der Waals surface area contributed by atoms with Gasteiger partial charge in [0.25, 0.3) is 0 Å². The molecular formula is C21H24N6O. The number of aromatic nitrogens is 3. The molecule has 0 saturated carbocycles. The Morgan fingerprint density at radius 2 is 1.82 bits per heavy atom. The number of benzene rings is 1. The SMILES string of the molecule is CN1Cc2ccccc2CC1C(=O)N1CCN(c2ccc3nccn3n2)CC1. The molecule has 0 aliphatic carbocycles. The van der Waals surface area contributed by atoms with Crippen LogP contribution in [0.2, 0.25) is 0 Å². The summed E-state index contributed by atoms with van der Waals surface area (Å²) in [6.45, 7) is 3.89. The highest BCUT2D eigenvalue weighted by Crippen LogP contribution is 2.24. The van der Waals surface area contributed by atoms with Crippen LogP contribution in [0.3, 0.4) is 0 Å². The molecule has 2 aliphatic rings. The van der Waals surface area contributed by atoms with Gasteiger partial charge >= 0.3 is 0 Å². The molecule has 1 atom stereocenters. The predicted octanol–water partition coefficient (Wildman–Crippen LogP) is 1.43. The van der Waals surface area contributed by atoms with Gasteiger partial charge in [-0.1, -0.05) is 24.3 Å². The third-order valence-electron chi connectivity index (χ3n) is 5.92. The highest BCUT2D eigenvalue weighted by Gasteiger charge is 2.33. The molecule has 7 nitrogen and oxygen atoms in total. The Labute approximate surface area is 164 Å². The largest absolute Gasteiger partial charge is 0.352 e. The standard InChI is InChI=1S/C21H24N6O/c1-24-15-17-5-3-2-4-16(17)14-18(24)21(28)26-12-10-25(11-13-26)20-7-6-19-22-8-9-27(19)23-20/h2-9,18H,10-15H2,1H3. The van der Waals surface area contributed by atoms with E-state index in [1.807, 2.05) is 23.2 Å². The zero-order valence-electron chi connectivity index (χ0n) is 16.0. The molecule has 1 unspecified atom stereocenters. The summed E-state index contributed by atoms with van der Waals surface area (Å²) in [5.74, 6) is 1.18. The fraction of sp³-hybridized carbons (Fsp3) is 0.381. The van der Waals surface area contributed by atoms with Gasteiger partial charge in [-0.3, -0.25) is 9.69 Å². The molecule has 2 aliphatic heterocycles. The highest BCUT2D eigenvalue weighted by molar-refractivity contribution is 5.83. The van der Waals surface area contributed by atoms with Crippen molar-refractivity contribution in [1.82, 2.24) is 24.4 Å². The zero-order chi connectivity index (χ0) is 19.1. The summed E-state index contributed by atoms with van der Waals surface area (Å²) in [6.07, 6.45) is 4.40. The lowest BCUT2D eigenvalue weighted by Gasteiger charge is -2.40. The van der Waals surface area contributed by atoms with Crippen molar-refractivity contribution in [3.05, 3.63) is 59.9 Å². The maximum atomic E-state index is 13.2. The van der Waals surface area contributed by atoms with Crippen molar-refractivity contribution >= 4 is 17.4 Å². The number of nitrogens with zero attached hydrogens (tertiary/aromatic N) is 6. The molecular weight excluding hydrogens is 352 g/mol. The summed E-state index contributed by atoms with van der Waals surface area (Å²) in [4.78, 5) is 23.9. The Kier molecular flexibility index (Phi) is 4.24. The molecule has 0 N–H and O–H groups in total. The molecule has 1 fully saturated rings. The van der Waals surface area contributed by atoms with Gasteiger partial charge in [-0.05, 0) is 36.7 Å². The number of hydrogen-bond donors (Lipinski definition) is 0. The van der Waals surface area contributed by atoms with Crippen molar-refractivity contribution in [2.24, 2.45) is 0 Å². The first kappa shape index (κ1) is 17.2. The first-order valence-electron chi connectivity index (χ1n) is 9.80. The lowest BCUT2D eigenvalue weighted by Crippen LogP contribution is -2.56. The lowest BCUT2D eigenvalue weighted by molar-refractivity contribution is -0.137. The first-order valence-corrected chi connectivity index (χ1v) is 9.80. The van der Waals surface area contributed by atoms with Crippen LogP contribution in [0.5, 0.6) is 0 Å². The number of likely N-dealkylation sites (N-methyl/N-ethyl adjacent to an activating group) is 1. The number of piperazine rings is 1. The quantitative estimate of drug-likeness (QED) is 0.677. The second-order valence-electron chi connectivity index (χ2n) is 7.64. The average molecular weight is 376 g/mol. The van der Waals surface area contributed by atoms with Gasteiger partial charge in [-0.2, -0.15) is 0 Å². The monoisotopic (exact) mass is 376 g/mol. The summed E-state index contributed by atoms with van der Waals surface area (Å²) in [7, 11) is 2.05. The number of carbonyl (C=O) groups is 1. The van der Waals surface area contributed by atoms with E-state index in [2.05, 4.69) is 51.2 Å². The van der Waals surface area contributed by atoms with Gasteiger partial charge in [0.05, 0.1) is 6.04 Å². The number of carbonyl (C=O) groups excluding carboxylic acids is 1. The smallest absolute Gasteiger partial charge is 0.240 e. The van der Waals surface area contributed by atoms with E-state index in [1.54, 1.807) is 10.7 Å². The van der Waals surface area contributed by atoms with Gasteiger partial charge in [0.15, 0.2) is 5.65 Å². The molecule has 0 spiro atoms. The van der Waals surface area contributed by atoms with Gasteiger partial charge in [0, 0.05) is 45.1 Å². The van der Waals surface area contributed by atoms with Gasteiger partial charge in [-0.25, -0.2) is 9.50 Å². The van der Waals surface area contributed by atoms with E-state index in [0.717, 1.165) is 50.6 Å². The van der Waals surface area contributed by atoms with Gasteiger partial charge < -0.3 is 9.80 Å². The van der Waals surface area contributed by atoms with Crippen molar-refractivity contribution in [2.75, 3.05) is 38.1 Å². The van der Waals surface area contributed by atoms with Crippen LogP contribution >= 0.6 is 0 Å². The van der Waals surface area contributed by atoms with E-state index in [1.165, 1.54) is 11.1 Å². The topological polar surface area (TPSA) is 57.0 Å². The minimum Gasteiger partial charge on any atom is -0.352 e. The lowest BCUT2D eigenvalue weighted by atomic mass is 9.93. The number of fused-ring (bicyclic) bond motifs is 2. The molecule has 5 rings (SSSR count). The van der Waals surface area contributed by atoms with Crippen LogP contribution in [0.4, 0.5) is 5.82 Å². The van der Waals surface area contributed by atoms with Crippen molar-refractivity contribution in [1.29, 1.82) is 0 Å². The zero-order valence-corrected chi connectivity index (χ0v) is 16.0. The molecule has 0 radical (unpaired) electrons. The first-order chi connectivity index (χ1) is 13.7. The van der Waals surface area contributed by atoms with Crippen LogP contribution in [0.25, 0.3) is 5.65 Å². The molecule has 1 saturated heterocycles. The second-order valence-corrected chi connectivity index (χ2v) is 7.64. The molecule has 1 aromatic carbocycles. The number of hydrogen-bond acceptors (Lipinski definition) is 5. The summed E-state index contributed by atoms with van der Waals surface area (Å²) in [6, 6.07) is 12.4. The minimum absolute atomic E-state index is 0.0677. The Hall–Kier alpha value is -2.93. The Morgan fingerprint density at radius 3 is 2.64 bits per heavy atom. The number of amides is 1. The van der Waals surface area contributed by atoms with E-state index in [4.69, 9.17) is 0 Å². The Morgan fingerprint density at radius 1 is 1.04 bits per heavy atom. The molecule has 28 heavy (non-hydrogen) atoms. The number of anilines is 1. The summed E-state index contributed by atoms with van der Waals surface area (Å²) >= 11 is 0. The summed E-state index contributed by atoms with van der Waals surface area (Å²) in [5, 5.41) is 4.62. The molecule has 144 valence electrons. The minimum atomic E-state index is -0.0677. The Balaban J connectivity index is 1.25. The van der Waals surface area contributed by atoms with Crippen molar-refractivity contribution in [3.8, 4) is 0 Å². The fourth-order valence-electron chi connectivity index (χ4n) is 4.27. The van der Waals surface area contributed by atoms with E-state index < -0.39 is 0 Å². The van der Waals surface area contributed by atoms with Gasteiger partial charge in [0.1, 0.15) is 5.82 Å². The highest BCUT2D eigenvalue weighted by atomic mass is 16.2. The number of imidazole rings is 1. The van der Waals surface area contributed by atoms with Crippen molar-refractivity contribution in [2.45, 2.75) is 19.0 Å². The second kappa shape index (κ2) is 6.91. The molecule has 1 amide bonds. The van der Waals surface area contributed by atoms with Crippen LogP contribution in [0, 0.1) is 0 Å². The normalized spacial score (nSPS) is 20.4. The molecule has 7 heteroatoms. The Bertz CT molecular complexity index is 1010. The molecule has 3 aromatic rings. The van der Waals surface area contributed by atoms with Crippen LogP contribution in [0.15, 0.2) is 48.8 Å². The van der Waals surface area contributed by atoms with Crippen molar-refractivity contribution < 1.29 is 4.79 Å². The van der Waals surface area contributed by atoms with E-state index >= 15 is 0 Å². The van der Waals surface area contributed by atoms with Crippen molar-refractivity contribution in [3.63, 3.8) is 0 Å². The van der Waals surface area contributed by atoms with Crippen LogP contribution in [-0.2, 0) is 17.8 Å². The van der Waals surface area contributed by atoms with Crippen LogP contribution in [0.1, 0.15) is 11.1 Å². The van der Waals surface area contributed by atoms with Crippen LogP contribution in [-0.4, -0.2) is 69.6 Å². The third kappa shape index (κ3) is 3.01. The van der Waals surface area contributed by atoms with Gasteiger partial charge in [-0.15, -0.1) is 5.10 Å². The maximum absolute atomic E-state index is 13.2. The average Bonchev–Trinajstić information content (AvgIpc) is 3.21. The predicted molar refractivity (Wildman–Crippen MR) is 107 cm³/mol. The molecule has 0 bridgehead atoms. The summed E-state index contributed by atoms with van der Waals surface area (Å²) in [5.41, 5.74) is 3.48. The van der Waals surface area contributed by atoms with E-state index in [9.17, 15) is 4.79 Å². The number of rotatable bonds is 2. The summed E-state index contributed by atoms with van der Waals surface area (Å²) < 4.78 is 1.79. The molecule has 2 aromatic heterocycles. The van der Waals surface area contributed by atoms with E-state index in [-0.39, 0.29) is 11.9 Å². The fourth-order valence-corrected chi connectivity index (χ4v) is 4.27. The van der Waals surface area contributed by atoms with Crippen LogP contribution < -0.4 is 4.90 Å². The molecule has 4 heterocycles. The van der Waals surface area contributed by atoms with E-state index in [0.29, 0.717) is 0 Å². The maximum Gasteiger partial charge on any atom is 0.240 e.